The topological polar surface area (TPSA) is 32.8 Å². The van der Waals surface area contributed by atoms with Crippen LogP contribution in [0.3, 0.4) is 0 Å². The molecule has 0 saturated carbocycles. The lowest BCUT2D eigenvalue weighted by atomic mass is 9.58. The summed E-state index contributed by atoms with van der Waals surface area (Å²) < 4.78 is 79.8. The summed E-state index contributed by atoms with van der Waals surface area (Å²) in [5.41, 5.74) is -5.68. The second-order valence-corrected chi connectivity index (χ2v) is 6.83. The smallest absolute Gasteiger partial charge is 0.427 e. The van der Waals surface area contributed by atoms with Gasteiger partial charge in [0.05, 0.1) is 15.7 Å². The SMILES string of the molecule is [B]C1([B])CN(C(=O)OC([B])(C(F)(F)F)C(F)(F)F)CCN1C(C)(C)C. The van der Waals surface area contributed by atoms with E-state index < -0.39 is 41.4 Å². The third-order valence-corrected chi connectivity index (χ3v) is 3.70. The zero-order chi connectivity index (χ0) is 20.1. The third kappa shape index (κ3) is 4.40. The van der Waals surface area contributed by atoms with E-state index in [4.69, 9.17) is 15.7 Å². The van der Waals surface area contributed by atoms with Gasteiger partial charge in [-0.05, 0) is 26.1 Å². The minimum absolute atomic E-state index is 0.0151. The zero-order valence-electron chi connectivity index (χ0n) is 13.8. The second kappa shape index (κ2) is 6.31. The van der Waals surface area contributed by atoms with Crippen molar-refractivity contribution in [1.82, 2.24) is 9.80 Å². The van der Waals surface area contributed by atoms with Crippen LogP contribution in [0, 0.1) is 0 Å². The molecule has 0 aromatic heterocycles. The Morgan fingerprint density at radius 2 is 1.44 bits per heavy atom. The Labute approximate surface area is 145 Å². The van der Waals surface area contributed by atoms with Crippen LogP contribution >= 0.6 is 0 Å². The maximum absolute atomic E-state index is 12.7. The molecule has 0 N–H and O–H groups in total. The first kappa shape index (κ1) is 22.0. The van der Waals surface area contributed by atoms with Crippen molar-refractivity contribution in [3.63, 3.8) is 0 Å². The van der Waals surface area contributed by atoms with Gasteiger partial charge in [0.15, 0.2) is 7.85 Å². The number of carbonyl (C=O) groups excluding carboxylic acids is 1. The summed E-state index contributed by atoms with van der Waals surface area (Å²) in [6.07, 6.45) is -14.0. The lowest BCUT2D eigenvalue weighted by Gasteiger charge is -2.54. The van der Waals surface area contributed by atoms with E-state index in [1.165, 1.54) is 0 Å². The van der Waals surface area contributed by atoms with E-state index in [1.54, 1.807) is 25.7 Å². The molecule has 1 rings (SSSR count). The first-order chi connectivity index (χ1) is 10.8. The predicted octanol–water partition coefficient (Wildman–Crippen LogP) is 1.52. The number of carbonyl (C=O) groups is 1. The van der Waals surface area contributed by atoms with E-state index >= 15 is 0 Å². The Morgan fingerprint density at radius 3 is 1.76 bits per heavy atom. The Bertz CT molecular complexity index is 504. The summed E-state index contributed by atoms with van der Waals surface area (Å²) in [5, 5.41) is -1.68. The average Bonchev–Trinajstić information content (AvgIpc) is 2.32. The fourth-order valence-corrected chi connectivity index (χ4v) is 2.49. The van der Waals surface area contributed by atoms with Gasteiger partial charge in [-0.2, -0.15) is 26.3 Å². The van der Waals surface area contributed by atoms with Crippen LogP contribution in [-0.2, 0) is 4.74 Å². The molecule has 1 amide bonds. The molecule has 0 atom stereocenters. The van der Waals surface area contributed by atoms with Crippen molar-refractivity contribution >= 4 is 29.6 Å². The van der Waals surface area contributed by atoms with E-state index in [0.29, 0.717) is 4.90 Å². The highest BCUT2D eigenvalue weighted by atomic mass is 19.4. The van der Waals surface area contributed by atoms with Gasteiger partial charge in [-0.3, -0.25) is 0 Å². The number of piperazine rings is 1. The van der Waals surface area contributed by atoms with Gasteiger partial charge < -0.3 is 14.5 Å². The molecule has 0 aromatic carbocycles. The fraction of sp³-hybridized carbons (Fsp3) is 0.917. The normalized spacial score (nSPS) is 20.4. The molecule has 1 saturated heterocycles. The van der Waals surface area contributed by atoms with E-state index in [9.17, 15) is 31.1 Å². The average molecular weight is 366 g/mol. The Hall–Kier alpha value is -0.995. The molecule has 13 heteroatoms. The van der Waals surface area contributed by atoms with Crippen molar-refractivity contribution < 1.29 is 35.9 Å². The molecule has 0 bridgehead atoms. The summed E-state index contributed by atoms with van der Waals surface area (Å²) in [6, 6.07) is 0. The Balaban J connectivity index is 2.99. The summed E-state index contributed by atoms with van der Waals surface area (Å²) >= 11 is 0. The van der Waals surface area contributed by atoms with Crippen LogP contribution in [0.15, 0.2) is 0 Å². The lowest BCUT2D eigenvalue weighted by Crippen LogP contribution is -2.69. The number of ether oxygens (including phenoxy) is 1. The molecule has 0 unspecified atom stereocenters. The summed E-state index contributed by atoms with van der Waals surface area (Å²) in [5.74, 6) is 0. The quantitative estimate of drug-likeness (QED) is 0.522. The maximum Gasteiger partial charge on any atom is 0.427 e. The fourth-order valence-electron chi connectivity index (χ4n) is 2.49. The molecule has 0 aliphatic carbocycles. The number of rotatable bonds is 1. The van der Waals surface area contributed by atoms with Gasteiger partial charge in [0.1, 0.15) is 0 Å². The molecule has 1 aliphatic heterocycles. The highest BCUT2D eigenvalue weighted by Crippen LogP contribution is 2.44. The molecule has 4 nitrogen and oxygen atoms in total. The summed E-state index contributed by atoms with van der Waals surface area (Å²) in [6.45, 7) is 4.50. The number of halogens is 6. The molecule has 25 heavy (non-hydrogen) atoms. The van der Waals surface area contributed by atoms with E-state index in [2.05, 4.69) is 12.6 Å². The minimum atomic E-state index is -6.06. The highest BCUT2D eigenvalue weighted by Gasteiger charge is 2.70. The van der Waals surface area contributed by atoms with Gasteiger partial charge in [0.25, 0.3) is 5.50 Å². The number of amides is 1. The van der Waals surface area contributed by atoms with Crippen LogP contribution in [0.2, 0.25) is 0 Å². The molecule has 0 aromatic rings. The van der Waals surface area contributed by atoms with Crippen molar-refractivity contribution in [3.8, 4) is 0 Å². The lowest BCUT2D eigenvalue weighted by molar-refractivity contribution is -0.331. The van der Waals surface area contributed by atoms with E-state index in [-0.39, 0.29) is 13.1 Å². The maximum atomic E-state index is 12.7. The zero-order valence-corrected chi connectivity index (χ0v) is 13.8. The molecular weight excluding hydrogens is 351 g/mol. The summed E-state index contributed by atoms with van der Waals surface area (Å²) in [4.78, 5) is 14.0. The van der Waals surface area contributed by atoms with Crippen molar-refractivity contribution in [2.45, 2.75) is 49.5 Å². The number of hydrogen-bond donors (Lipinski definition) is 0. The molecule has 1 aliphatic rings. The second-order valence-electron chi connectivity index (χ2n) is 6.83. The highest BCUT2D eigenvalue weighted by molar-refractivity contribution is 6.40. The van der Waals surface area contributed by atoms with Crippen LogP contribution in [0.5, 0.6) is 0 Å². The van der Waals surface area contributed by atoms with Gasteiger partial charge in [-0.25, -0.2) is 4.79 Å². The predicted molar refractivity (Wildman–Crippen MR) is 79.3 cm³/mol. The van der Waals surface area contributed by atoms with Gasteiger partial charge >= 0.3 is 18.4 Å². The van der Waals surface area contributed by atoms with E-state index in [1.807, 2.05) is 0 Å². The first-order valence-corrected chi connectivity index (χ1v) is 7.09. The minimum Gasteiger partial charge on any atom is -0.434 e. The van der Waals surface area contributed by atoms with Crippen LogP contribution < -0.4 is 0 Å². The van der Waals surface area contributed by atoms with Crippen molar-refractivity contribution in [2.24, 2.45) is 0 Å². The van der Waals surface area contributed by atoms with E-state index in [0.717, 1.165) is 0 Å². The molecule has 6 radical (unpaired) electrons. The number of nitrogens with zero attached hydrogens (tertiary/aromatic N) is 2. The van der Waals surface area contributed by atoms with Crippen molar-refractivity contribution in [1.29, 1.82) is 0 Å². The Morgan fingerprint density at radius 1 is 1.00 bits per heavy atom. The largest absolute Gasteiger partial charge is 0.434 e. The molecular formula is C12H15B3F6N2O2. The van der Waals surface area contributed by atoms with Crippen molar-refractivity contribution in [3.05, 3.63) is 0 Å². The van der Waals surface area contributed by atoms with Crippen LogP contribution in [-0.4, -0.2) is 87.8 Å². The van der Waals surface area contributed by atoms with Crippen LogP contribution in [0.1, 0.15) is 20.8 Å². The van der Waals surface area contributed by atoms with Gasteiger partial charge in [-0.1, -0.05) is 0 Å². The molecule has 136 valence electrons. The third-order valence-electron chi connectivity index (χ3n) is 3.70. The van der Waals surface area contributed by atoms with Crippen molar-refractivity contribution in [2.75, 3.05) is 19.6 Å². The molecule has 1 fully saturated rings. The van der Waals surface area contributed by atoms with Crippen LogP contribution in [0.25, 0.3) is 0 Å². The Kier molecular flexibility index (Phi) is 5.57. The summed E-state index contributed by atoms with van der Waals surface area (Å²) in [7, 11) is 16.0. The molecule has 0 spiro atoms. The van der Waals surface area contributed by atoms with Gasteiger partial charge in [-0.15, -0.1) is 0 Å². The number of alkyl halides is 6. The number of hydrogen-bond acceptors (Lipinski definition) is 3. The molecule has 1 heterocycles. The van der Waals surface area contributed by atoms with Gasteiger partial charge in [0.2, 0.25) is 0 Å². The van der Waals surface area contributed by atoms with Crippen LogP contribution in [0.4, 0.5) is 31.1 Å². The monoisotopic (exact) mass is 366 g/mol. The first-order valence-electron chi connectivity index (χ1n) is 7.09. The standard InChI is InChI=1S/C12H15B3F6N2O2/c1-8(2,3)23-5-4-22(6-9(23,13)14)7(24)25-10(15,11(16,17)18)12(19,20)21/h4-6H2,1-3H3. The van der Waals surface area contributed by atoms with Gasteiger partial charge in [0, 0.05) is 25.2 Å².